The van der Waals surface area contributed by atoms with Crippen LogP contribution in [0.15, 0.2) is 39.0 Å². The monoisotopic (exact) mass is 359 g/mol. The van der Waals surface area contributed by atoms with Crippen LogP contribution < -0.4 is 4.72 Å². The summed E-state index contributed by atoms with van der Waals surface area (Å²) in [7, 11) is -3.46. The van der Waals surface area contributed by atoms with Gasteiger partial charge in [-0.2, -0.15) is 0 Å². The molecular weight excluding hydrogens is 346 g/mol. The Hall–Kier alpha value is -0.690. The summed E-state index contributed by atoms with van der Waals surface area (Å²) in [5.74, 6) is 0. The van der Waals surface area contributed by atoms with Crippen LogP contribution in [0, 0.1) is 13.8 Å². The zero-order valence-corrected chi connectivity index (χ0v) is 13.8. The van der Waals surface area contributed by atoms with Gasteiger partial charge in [0, 0.05) is 21.3 Å². The Morgan fingerprint density at radius 2 is 2.00 bits per heavy atom. The molecule has 0 fully saturated rings. The highest BCUT2D eigenvalue weighted by molar-refractivity contribution is 9.10. The number of rotatable bonds is 4. The Morgan fingerprint density at radius 3 is 2.63 bits per heavy atom. The molecule has 19 heavy (non-hydrogen) atoms. The van der Waals surface area contributed by atoms with Gasteiger partial charge in [-0.15, -0.1) is 11.3 Å². The van der Waals surface area contributed by atoms with Crippen LogP contribution in [0.2, 0.25) is 0 Å². The molecule has 0 saturated carbocycles. The number of halogens is 1. The minimum absolute atomic E-state index is 0.311. The highest BCUT2D eigenvalue weighted by Gasteiger charge is 2.16. The predicted molar refractivity (Wildman–Crippen MR) is 82.0 cm³/mol. The molecule has 0 aliphatic heterocycles. The summed E-state index contributed by atoms with van der Waals surface area (Å²) < 4.78 is 28.1. The first-order chi connectivity index (χ1) is 8.88. The van der Waals surface area contributed by atoms with E-state index in [9.17, 15) is 8.42 Å². The van der Waals surface area contributed by atoms with Crippen LogP contribution in [0.4, 0.5) is 0 Å². The van der Waals surface area contributed by atoms with E-state index in [0.29, 0.717) is 11.4 Å². The summed E-state index contributed by atoms with van der Waals surface area (Å²) in [5.41, 5.74) is 1.69. The SMILES string of the molecule is Cc1ccc(C)c(S(=O)(=O)NCc2cc(Br)cs2)c1. The summed E-state index contributed by atoms with van der Waals surface area (Å²) >= 11 is 4.87. The molecular formula is C13H14BrNO2S2. The average molecular weight is 360 g/mol. The van der Waals surface area contributed by atoms with Gasteiger partial charge in [-0.1, -0.05) is 12.1 Å². The fourth-order valence-electron chi connectivity index (χ4n) is 1.69. The first-order valence-corrected chi connectivity index (χ1v) is 8.84. The molecule has 0 amide bonds. The molecule has 1 aromatic heterocycles. The molecule has 0 saturated heterocycles. The molecule has 0 atom stereocenters. The zero-order valence-electron chi connectivity index (χ0n) is 10.6. The van der Waals surface area contributed by atoms with Gasteiger partial charge in [0.15, 0.2) is 0 Å². The summed E-state index contributed by atoms with van der Waals surface area (Å²) in [4.78, 5) is 1.32. The molecule has 0 aliphatic carbocycles. The van der Waals surface area contributed by atoms with Crippen LogP contribution in [0.1, 0.15) is 16.0 Å². The normalized spacial score (nSPS) is 11.7. The van der Waals surface area contributed by atoms with E-state index < -0.39 is 10.0 Å². The fourth-order valence-corrected chi connectivity index (χ4v) is 4.50. The van der Waals surface area contributed by atoms with Crippen molar-refractivity contribution in [1.82, 2.24) is 4.72 Å². The van der Waals surface area contributed by atoms with Crippen molar-refractivity contribution < 1.29 is 8.42 Å². The number of sulfonamides is 1. The Balaban J connectivity index is 2.20. The minimum atomic E-state index is -3.46. The molecule has 6 heteroatoms. The number of hydrogen-bond acceptors (Lipinski definition) is 3. The number of hydrogen-bond donors (Lipinski definition) is 1. The molecule has 3 nitrogen and oxygen atoms in total. The van der Waals surface area contributed by atoms with E-state index >= 15 is 0 Å². The van der Waals surface area contributed by atoms with Crippen molar-refractivity contribution in [3.63, 3.8) is 0 Å². The predicted octanol–water partition coefficient (Wildman–Crippen LogP) is 3.61. The standard InChI is InChI=1S/C13H14BrNO2S2/c1-9-3-4-10(2)13(5-9)19(16,17)15-7-12-6-11(14)8-18-12/h3-6,8,15H,7H2,1-2H3. The van der Waals surface area contributed by atoms with Crippen LogP contribution in [-0.2, 0) is 16.6 Å². The number of thiophene rings is 1. The molecule has 1 heterocycles. The highest BCUT2D eigenvalue weighted by atomic mass is 79.9. The maximum absolute atomic E-state index is 12.3. The van der Waals surface area contributed by atoms with Gasteiger partial charge in [0.2, 0.25) is 10.0 Å². The Morgan fingerprint density at radius 1 is 1.26 bits per heavy atom. The van der Waals surface area contributed by atoms with E-state index in [2.05, 4.69) is 20.7 Å². The lowest BCUT2D eigenvalue weighted by Gasteiger charge is -2.09. The van der Waals surface area contributed by atoms with Crippen LogP contribution in [0.25, 0.3) is 0 Å². The molecule has 0 spiro atoms. The molecule has 1 N–H and O–H groups in total. The Labute approximate surface area is 125 Å². The Kier molecular flexibility index (Phi) is 4.45. The van der Waals surface area contributed by atoms with Crippen molar-refractivity contribution in [2.75, 3.05) is 0 Å². The first kappa shape index (κ1) is 14.7. The Bertz CT molecular complexity index is 692. The smallest absolute Gasteiger partial charge is 0.207 e. The molecule has 1 aromatic carbocycles. The van der Waals surface area contributed by atoms with E-state index in [1.807, 2.05) is 30.5 Å². The van der Waals surface area contributed by atoms with E-state index in [-0.39, 0.29) is 0 Å². The molecule has 0 unspecified atom stereocenters. The number of aryl methyl sites for hydroxylation is 2. The third-order valence-corrected chi connectivity index (χ3v) is 5.93. The van der Waals surface area contributed by atoms with Gasteiger partial charge in [0.05, 0.1) is 4.90 Å². The van der Waals surface area contributed by atoms with Crippen LogP contribution in [0.5, 0.6) is 0 Å². The van der Waals surface area contributed by atoms with Crippen molar-refractivity contribution in [3.8, 4) is 0 Å². The summed E-state index contributed by atoms with van der Waals surface area (Å²) in [6, 6.07) is 7.34. The van der Waals surface area contributed by atoms with Gasteiger partial charge in [0.25, 0.3) is 0 Å². The maximum atomic E-state index is 12.3. The van der Waals surface area contributed by atoms with Crippen molar-refractivity contribution >= 4 is 37.3 Å². The lowest BCUT2D eigenvalue weighted by Crippen LogP contribution is -2.23. The quantitative estimate of drug-likeness (QED) is 0.906. The van der Waals surface area contributed by atoms with E-state index in [4.69, 9.17) is 0 Å². The largest absolute Gasteiger partial charge is 0.241 e. The lowest BCUT2D eigenvalue weighted by molar-refractivity contribution is 0.581. The van der Waals surface area contributed by atoms with Gasteiger partial charge in [-0.3, -0.25) is 0 Å². The van der Waals surface area contributed by atoms with Crippen LogP contribution in [0.3, 0.4) is 0 Å². The molecule has 2 aromatic rings. The van der Waals surface area contributed by atoms with Crippen LogP contribution in [-0.4, -0.2) is 8.42 Å². The third-order valence-electron chi connectivity index (χ3n) is 2.69. The fraction of sp³-hybridized carbons (Fsp3) is 0.231. The summed E-state index contributed by atoms with van der Waals surface area (Å²) in [6.45, 7) is 4.00. The van der Waals surface area contributed by atoms with Gasteiger partial charge >= 0.3 is 0 Å². The van der Waals surface area contributed by atoms with Crippen molar-refractivity contribution in [1.29, 1.82) is 0 Å². The second-order valence-electron chi connectivity index (χ2n) is 4.32. The maximum Gasteiger partial charge on any atom is 0.241 e. The second-order valence-corrected chi connectivity index (χ2v) is 7.97. The first-order valence-electron chi connectivity index (χ1n) is 5.68. The summed E-state index contributed by atoms with van der Waals surface area (Å²) in [6.07, 6.45) is 0. The van der Waals surface area contributed by atoms with E-state index in [0.717, 1.165) is 20.5 Å². The van der Waals surface area contributed by atoms with Crippen molar-refractivity contribution in [3.05, 3.63) is 50.1 Å². The molecule has 2 rings (SSSR count). The topological polar surface area (TPSA) is 46.2 Å². The van der Waals surface area contributed by atoms with Crippen molar-refractivity contribution in [2.45, 2.75) is 25.3 Å². The third kappa shape index (κ3) is 3.66. The minimum Gasteiger partial charge on any atom is -0.207 e. The highest BCUT2D eigenvalue weighted by Crippen LogP contribution is 2.21. The molecule has 102 valence electrons. The second kappa shape index (κ2) is 5.75. The van der Waals surface area contributed by atoms with Gasteiger partial charge in [-0.05, 0) is 53.0 Å². The molecule has 0 bridgehead atoms. The lowest BCUT2D eigenvalue weighted by atomic mass is 10.2. The van der Waals surface area contributed by atoms with Gasteiger partial charge < -0.3 is 0 Å². The number of benzene rings is 1. The molecule has 0 aliphatic rings. The van der Waals surface area contributed by atoms with Crippen molar-refractivity contribution in [2.24, 2.45) is 0 Å². The average Bonchev–Trinajstić information content (AvgIpc) is 2.76. The van der Waals surface area contributed by atoms with Gasteiger partial charge in [-0.25, -0.2) is 13.1 Å². The molecule has 0 radical (unpaired) electrons. The zero-order chi connectivity index (χ0) is 14.0. The van der Waals surface area contributed by atoms with E-state index in [1.54, 1.807) is 13.0 Å². The summed E-state index contributed by atoms with van der Waals surface area (Å²) in [5, 5.41) is 1.93. The van der Waals surface area contributed by atoms with E-state index in [1.165, 1.54) is 11.3 Å². The van der Waals surface area contributed by atoms with Crippen LogP contribution >= 0.6 is 27.3 Å². The number of nitrogens with one attached hydrogen (secondary N) is 1. The van der Waals surface area contributed by atoms with Gasteiger partial charge in [0.1, 0.15) is 0 Å².